The molecule has 5 rings (SSSR count). The summed E-state index contributed by atoms with van der Waals surface area (Å²) >= 11 is 0. The molecule has 3 saturated carbocycles. The average molecular weight is 437 g/mol. The van der Waals surface area contributed by atoms with E-state index in [1.54, 1.807) is 62.8 Å². The molecule has 6 unspecified atom stereocenters. The first-order chi connectivity index (χ1) is 15.6. The van der Waals surface area contributed by atoms with Crippen LogP contribution < -0.4 is 9.47 Å². The van der Waals surface area contributed by atoms with Crippen molar-refractivity contribution in [3.8, 4) is 11.5 Å². The summed E-state index contributed by atoms with van der Waals surface area (Å²) in [7, 11) is 3.13. The van der Waals surface area contributed by atoms with Crippen molar-refractivity contribution in [3.05, 3.63) is 59.7 Å². The van der Waals surface area contributed by atoms with Gasteiger partial charge in [0.2, 0.25) is 0 Å². The highest BCUT2D eigenvalue weighted by Gasteiger charge is 2.62. The van der Waals surface area contributed by atoms with Crippen LogP contribution >= 0.6 is 0 Å². The molecule has 0 aromatic heterocycles. The van der Waals surface area contributed by atoms with Crippen LogP contribution in [0, 0.1) is 23.7 Å². The minimum absolute atomic E-state index is 0.241. The number of benzene rings is 2. The summed E-state index contributed by atoms with van der Waals surface area (Å²) in [4.78, 5) is 26.0. The minimum Gasteiger partial charge on any atom is -0.497 e. The largest absolute Gasteiger partial charge is 0.497 e. The molecule has 6 nitrogen and oxygen atoms in total. The molecule has 6 heteroatoms. The van der Waals surface area contributed by atoms with Gasteiger partial charge in [-0.15, -0.1) is 0 Å². The molecule has 6 atom stereocenters. The van der Waals surface area contributed by atoms with Crippen molar-refractivity contribution >= 4 is 11.9 Å². The van der Waals surface area contributed by atoms with Crippen LogP contribution in [0.2, 0.25) is 0 Å². The minimum atomic E-state index is -0.424. The molecule has 0 radical (unpaired) electrons. The van der Waals surface area contributed by atoms with Gasteiger partial charge in [-0.25, -0.2) is 9.59 Å². The van der Waals surface area contributed by atoms with E-state index in [1.807, 2.05) is 0 Å². The van der Waals surface area contributed by atoms with Crippen molar-refractivity contribution in [2.75, 3.05) is 14.2 Å². The number of carbonyl (C=O) groups is 2. The Bertz CT molecular complexity index is 937. The summed E-state index contributed by atoms with van der Waals surface area (Å²) in [6.45, 7) is 0. The van der Waals surface area contributed by atoms with E-state index >= 15 is 0 Å². The molecule has 0 N–H and O–H groups in total. The fraction of sp³-hybridized carbons (Fsp3) is 0.462. The van der Waals surface area contributed by atoms with Gasteiger partial charge in [-0.1, -0.05) is 18.6 Å². The lowest BCUT2D eigenvalue weighted by molar-refractivity contribution is -0.0766. The second-order valence-corrected chi connectivity index (χ2v) is 9.03. The predicted molar refractivity (Wildman–Crippen MR) is 117 cm³/mol. The van der Waals surface area contributed by atoms with E-state index in [4.69, 9.17) is 18.9 Å². The number of rotatable bonds is 6. The molecule has 2 aromatic carbocycles. The topological polar surface area (TPSA) is 71.1 Å². The smallest absolute Gasteiger partial charge is 0.338 e. The van der Waals surface area contributed by atoms with Gasteiger partial charge in [-0.05, 0) is 67.5 Å². The first-order valence-corrected chi connectivity index (χ1v) is 11.3. The zero-order chi connectivity index (χ0) is 22.2. The quantitative estimate of drug-likeness (QED) is 0.620. The molecule has 0 spiro atoms. The highest BCUT2D eigenvalue weighted by molar-refractivity contribution is 5.91. The molecule has 2 bridgehead atoms. The average Bonchev–Trinajstić information content (AvgIpc) is 3.52. The monoisotopic (exact) mass is 436 g/mol. The normalized spacial score (nSPS) is 29.9. The predicted octanol–water partition coefficient (Wildman–Crippen LogP) is 4.52. The highest BCUT2D eigenvalue weighted by atomic mass is 16.6. The summed E-state index contributed by atoms with van der Waals surface area (Å²) in [5.74, 6) is 1.98. The van der Waals surface area contributed by atoms with Crippen molar-refractivity contribution in [1.82, 2.24) is 0 Å². The number of carbonyl (C=O) groups excluding carboxylic acids is 2. The third kappa shape index (κ3) is 3.61. The van der Waals surface area contributed by atoms with Gasteiger partial charge in [0.1, 0.15) is 23.7 Å². The second-order valence-electron chi connectivity index (χ2n) is 9.03. The van der Waals surface area contributed by atoms with Gasteiger partial charge in [-0.2, -0.15) is 0 Å². The number of methoxy groups -OCH3 is 2. The third-order valence-corrected chi connectivity index (χ3v) is 7.53. The van der Waals surface area contributed by atoms with Crippen molar-refractivity contribution in [1.29, 1.82) is 0 Å². The van der Waals surface area contributed by atoms with Gasteiger partial charge < -0.3 is 18.9 Å². The van der Waals surface area contributed by atoms with E-state index in [2.05, 4.69) is 0 Å². The van der Waals surface area contributed by atoms with Crippen LogP contribution in [-0.4, -0.2) is 38.4 Å². The van der Waals surface area contributed by atoms with Crippen LogP contribution in [0.15, 0.2) is 48.5 Å². The SMILES string of the molecule is COc1cccc(C(=O)OC2C3CC(C4CCCC43)C2OC(=O)c2cccc(OC)c2)c1. The first kappa shape index (κ1) is 20.9. The van der Waals surface area contributed by atoms with Crippen LogP contribution in [0.3, 0.4) is 0 Å². The van der Waals surface area contributed by atoms with Crippen molar-refractivity contribution in [2.24, 2.45) is 23.7 Å². The molecular formula is C26H28O6. The molecule has 0 aliphatic heterocycles. The second kappa shape index (κ2) is 8.49. The molecule has 3 aliphatic carbocycles. The molecular weight excluding hydrogens is 408 g/mol. The van der Waals surface area contributed by atoms with Gasteiger partial charge in [-0.3, -0.25) is 0 Å². The number of esters is 2. The number of ether oxygens (including phenoxy) is 4. The summed E-state index contributed by atoms with van der Waals surface area (Å²) in [6, 6.07) is 13.9. The Balaban J connectivity index is 1.38. The molecule has 3 aliphatic rings. The zero-order valence-corrected chi connectivity index (χ0v) is 18.4. The molecule has 32 heavy (non-hydrogen) atoms. The summed E-state index contributed by atoms with van der Waals surface area (Å²) in [5.41, 5.74) is 0.876. The number of fused-ring (bicyclic) bond motifs is 5. The van der Waals surface area contributed by atoms with Crippen LogP contribution in [0.1, 0.15) is 46.4 Å². The van der Waals surface area contributed by atoms with Crippen LogP contribution in [0.25, 0.3) is 0 Å². The zero-order valence-electron chi connectivity index (χ0n) is 18.4. The Morgan fingerprint density at radius 2 is 1.19 bits per heavy atom. The Kier molecular flexibility index (Phi) is 5.53. The number of hydrogen-bond donors (Lipinski definition) is 0. The lowest BCUT2D eigenvalue weighted by Gasteiger charge is -2.37. The Labute approximate surface area is 187 Å². The lowest BCUT2D eigenvalue weighted by Crippen LogP contribution is -2.45. The maximum absolute atomic E-state index is 13.0. The van der Waals surface area contributed by atoms with E-state index in [0.29, 0.717) is 34.5 Å². The van der Waals surface area contributed by atoms with Gasteiger partial charge in [0.15, 0.2) is 0 Å². The Morgan fingerprint density at radius 3 is 1.62 bits per heavy atom. The van der Waals surface area contributed by atoms with Crippen LogP contribution in [-0.2, 0) is 9.47 Å². The van der Waals surface area contributed by atoms with Crippen molar-refractivity contribution in [2.45, 2.75) is 37.9 Å². The van der Waals surface area contributed by atoms with Crippen LogP contribution in [0.4, 0.5) is 0 Å². The van der Waals surface area contributed by atoms with E-state index in [1.165, 1.54) is 6.42 Å². The Hall–Kier alpha value is -3.02. The standard InChI is InChI=1S/C26H28O6/c1-29-17-8-3-6-15(12-17)25(27)31-23-21-14-22(20-11-5-10-19(20)21)24(23)32-26(28)16-7-4-9-18(13-16)30-2/h3-4,6-9,12-13,19-24H,5,10-11,14H2,1-2H3. The third-order valence-electron chi connectivity index (χ3n) is 7.53. The van der Waals surface area contributed by atoms with E-state index in [-0.39, 0.29) is 11.8 Å². The molecule has 2 aromatic rings. The molecule has 0 saturated heterocycles. The molecule has 0 amide bonds. The summed E-state index contributed by atoms with van der Waals surface area (Å²) in [5, 5.41) is 0. The van der Waals surface area contributed by atoms with Crippen LogP contribution in [0.5, 0.6) is 11.5 Å². The molecule has 0 heterocycles. The lowest BCUT2D eigenvalue weighted by atomic mass is 9.78. The Morgan fingerprint density at radius 1 is 0.719 bits per heavy atom. The van der Waals surface area contributed by atoms with E-state index in [9.17, 15) is 9.59 Å². The fourth-order valence-corrected chi connectivity index (χ4v) is 6.18. The highest BCUT2D eigenvalue weighted by Crippen LogP contribution is 2.60. The summed E-state index contributed by atoms with van der Waals surface area (Å²) < 4.78 is 22.5. The molecule has 168 valence electrons. The van der Waals surface area contributed by atoms with Crippen molar-refractivity contribution < 1.29 is 28.5 Å². The maximum Gasteiger partial charge on any atom is 0.338 e. The van der Waals surface area contributed by atoms with Crippen molar-refractivity contribution in [3.63, 3.8) is 0 Å². The van der Waals surface area contributed by atoms with Gasteiger partial charge >= 0.3 is 11.9 Å². The number of hydrogen-bond acceptors (Lipinski definition) is 6. The van der Waals surface area contributed by atoms with Gasteiger partial charge in [0, 0.05) is 11.8 Å². The van der Waals surface area contributed by atoms with E-state index < -0.39 is 24.1 Å². The van der Waals surface area contributed by atoms with Gasteiger partial charge in [0.25, 0.3) is 0 Å². The summed E-state index contributed by atoms with van der Waals surface area (Å²) in [6.07, 6.45) is 3.61. The first-order valence-electron chi connectivity index (χ1n) is 11.3. The van der Waals surface area contributed by atoms with Gasteiger partial charge in [0.05, 0.1) is 25.3 Å². The maximum atomic E-state index is 13.0. The van der Waals surface area contributed by atoms with E-state index in [0.717, 1.165) is 19.3 Å². The molecule has 3 fully saturated rings. The fourth-order valence-electron chi connectivity index (χ4n) is 6.18.